The molecule has 0 radical (unpaired) electrons. The minimum atomic E-state index is -8.75. The zero-order chi connectivity index (χ0) is 33.9. The molecule has 0 bridgehead atoms. The molecule has 0 aliphatic carbocycles. The van der Waals surface area contributed by atoms with Crippen LogP contribution < -0.4 is 5.32 Å². The van der Waals surface area contributed by atoms with E-state index >= 15 is 0 Å². The van der Waals surface area contributed by atoms with Crippen LogP contribution in [0.4, 0.5) is 87.8 Å². The van der Waals surface area contributed by atoms with Crippen LogP contribution >= 0.6 is 11.6 Å². The summed E-state index contributed by atoms with van der Waals surface area (Å²) in [5, 5.41) is 0.727. The molecule has 0 aromatic carbocycles. The van der Waals surface area contributed by atoms with Crippen LogP contribution in [0, 0.1) is 0 Å². The molecule has 1 amide bonds. The van der Waals surface area contributed by atoms with Crippen molar-refractivity contribution in [2.45, 2.75) is 71.4 Å². The van der Waals surface area contributed by atoms with Crippen molar-refractivity contribution in [3.63, 3.8) is 0 Å². The molecule has 0 heterocycles. The van der Waals surface area contributed by atoms with E-state index in [1.54, 1.807) is 0 Å². The maximum absolute atomic E-state index is 14.7. The molecular weight excluding hydrogens is 690 g/mol. The van der Waals surface area contributed by atoms with Crippen LogP contribution in [0.5, 0.6) is 0 Å². The Morgan fingerprint density at radius 2 is 0.902 bits per heavy atom. The van der Waals surface area contributed by atoms with Crippen LogP contribution in [0.3, 0.4) is 0 Å². The molecule has 0 spiro atoms. The molecule has 0 aliphatic rings. The second-order valence-electron chi connectivity index (χ2n) is 7.67. The summed E-state index contributed by atoms with van der Waals surface area (Å²) in [4.78, 5) is 11.9. The first-order chi connectivity index (χ1) is 17.4. The molecule has 0 aromatic rings. The summed E-state index contributed by atoms with van der Waals surface area (Å²) < 4.78 is 282. The maximum Gasteiger partial charge on any atom is 0.460 e. The van der Waals surface area contributed by atoms with Crippen molar-refractivity contribution in [2.24, 2.45) is 0 Å². The average molecular weight is 700 g/mol. The van der Waals surface area contributed by atoms with Crippen molar-refractivity contribution >= 4 is 27.3 Å². The van der Waals surface area contributed by atoms with Crippen LogP contribution in [0.2, 0.25) is 0 Å². The maximum atomic E-state index is 14.7. The Labute approximate surface area is 218 Å². The molecule has 0 rings (SSSR count). The monoisotopic (exact) mass is 699 g/mol. The Morgan fingerprint density at radius 3 is 1.22 bits per heavy atom. The van der Waals surface area contributed by atoms with Gasteiger partial charge in [-0.2, -0.15) is 87.8 Å². The number of halogens is 21. The number of alkyl halides is 21. The fourth-order valence-corrected chi connectivity index (χ4v) is 4.59. The van der Waals surface area contributed by atoms with Crippen molar-refractivity contribution in [1.82, 2.24) is 5.32 Å². The number of amides is 1. The molecule has 0 saturated heterocycles. The first-order valence-corrected chi connectivity index (χ1v) is 11.4. The molecule has 246 valence electrons. The molecular formula is C15H10ClF20NO3S. The molecule has 0 aromatic heterocycles. The van der Waals surface area contributed by atoms with E-state index in [0.717, 1.165) is 5.32 Å². The zero-order valence-electron chi connectivity index (χ0n) is 18.7. The lowest BCUT2D eigenvalue weighted by atomic mass is 9.92. The highest BCUT2D eigenvalue weighted by atomic mass is 35.5. The van der Waals surface area contributed by atoms with E-state index in [0.29, 0.717) is 6.92 Å². The van der Waals surface area contributed by atoms with E-state index < -0.39 is 92.5 Å². The zero-order valence-corrected chi connectivity index (χ0v) is 20.3. The number of carbonyl (C=O) groups is 1. The van der Waals surface area contributed by atoms with E-state index in [4.69, 9.17) is 0 Å². The summed E-state index contributed by atoms with van der Waals surface area (Å²) in [6.45, 7) is -0.770. The lowest BCUT2D eigenvalue weighted by molar-refractivity contribution is -0.439. The van der Waals surface area contributed by atoms with Crippen molar-refractivity contribution in [3.05, 3.63) is 0 Å². The van der Waals surface area contributed by atoms with Gasteiger partial charge in [0.15, 0.2) is 9.84 Å². The molecule has 1 atom stereocenters. The van der Waals surface area contributed by atoms with Crippen molar-refractivity contribution in [1.29, 1.82) is 0 Å². The lowest BCUT2D eigenvalue weighted by Crippen LogP contribution is -2.75. The number of hydrogen-bond acceptors (Lipinski definition) is 3. The topological polar surface area (TPSA) is 63.2 Å². The number of sulfone groups is 1. The van der Waals surface area contributed by atoms with Crippen LogP contribution in [0.15, 0.2) is 0 Å². The third-order valence-corrected chi connectivity index (χ3v) is 8.05. The SMILES string of the molecule is CCNC(=O)C(Cl)(C(F)(F)C(F)(F)C(F)(F)C(F)(F)C(F)(F)C(F)(F)F)S(=O)(=O)CCC(F)(F)C(F)(F)C(F)(F)F. The van der Waals surface area contributed by atoms with Gasteiger partial charge in [0.25, 0.3) is 10.1 Å². The van der Waals surface area contributed by atoms with Gasteiger partial charge in [0.05, 0.1) is 5.75 Å². The molecule has 0 saturated carbocycles. The van der Waals surface area contributed by atoms with Crippen molar-refractivity contribution in [3.8, 4) is 0 Å². The Morgan fingerprint density at radius 1 is 0.585 bits per heavy atom. The summed E-state index contributed by atoms with van der Waals surface area (Å²) in [6, 6.07) is 0. The van der Waals surface area contributed by atoms with Crippen molar-refractivity contribution < 1.29 is 101 Å². The predicted molar refractivity (Wildman–Crippen MR) is 92.4 cm³/mol. The van der Waals surface area contributed by atoms with Gasteiger partial charge in [0, 0.05) is 13.0 Å². The summed E-state index contributed by atoms with van der Waals surface area (Å²) in [5.74, 6) is -63.3. The fourth-order valence-electron chi connectivity index (χ4n) is 2.49. The standard InChI is InChI=1S/C15H10ClF20NO3S/c1-2-37-5(38)7(16,41(39,40)4-3-6(17,18)8(19,20)14(31,32)33)9(21,22)10(23,24)11(25,26)12(27,28)13(29,30)15(34,35)36/h2-4H2,1H3,(H,37,38). The van der Waals surface area contributed by atoms with Gasteiger partial charge in [0.1, 0.15) is 0 Å². The quantitative estimate of drug-likeness (QED) is 0.189. The molecule has 26 heteroatoms. The van der Waals surface area contributed by atoms with Crippen LogP contribution in [0.25, 0.3) is 0 Å². The Kier molecular flexibility index (Phi) is 10.1. The smallest absolute Gasteiger partial charge is 0.354 e. The van der Waals surface area contributed by atoms with Gasteiger partial charge in [-0.15, -0.1) is 0 Å². The fraction of sp³-hybridized carbons (Fsp3) is 0.933. The Hall–Kier alpha value is -1.69. The van der Waals surface area contributed by atoms with Gasteiger partial charge in [-0.05, 0) is 6.92 Å². The first kappa shape index (κ1) is 39.3. The van der Waals surface area contributed by atoms with E-state index in [1.165, 1.54) is 0 Å². The summed E-state index contributed by atoms with van der Waals surface area (Å²) >= 11 is 4.56. The van der Waals surface area contributed by atoms with Gasteiger partial charge in [-0.3, -0.25) is 4.79 Å². The highest BCUT2D eigenvalue weighted by molar-refractivity contribution is 7.95. The Bertz CT molecular complexity index is 1080. The Balaban J connectivity index is 7.30. The third kappa shape index (κ3) is 5.56. The minimum absolute atomic E-state index is 0.531. The summed E-state index contributed by atoms with van der Waals surface area (Å²) in [5.41, 5.74) is 0. The van der Waals surface area contributed by atoms with Gasteiger partial charge < -0.3 is 5.32 Å². The van der Waals surface area contributed by atoms with Gasteiger partial charge in [0.2, 0.25) is 0 Å². The molecule has 0 fully saturated rings. The number of carbonyl (C=O) groups excluding carboxylic acids is 1. The van der Waals surface area contributed by atoms with Crippen molar-refractivity contribution in [2.75, 3.05) is 12.3 Å². The normalized spacial score (nSPS) is 17.3. The molecule has 0 aliphatic heterocycles. The predicted octanol–water partition coefficient (Wildman–Crippen LogP) is 6.43. The molecule has 1 N–H and O–H groups in total. The second-order valence-corrected chi connectivity index (χ2v) is 10.7. The number of rotatable bonds is 12. The molecule has 4 nitrogen and oxygen atoms in total. The summed E-state index contributed by atoms with van der Waals surface area (Å²) in [7, 11) is -7.54. The highest BCUT2D eigenvalue weighted by Gasteiger charge is 2.94. The molecule has 1 unspecified atom stereocenters. The molecule has 41 heavy (non-hydrogen) atoms. The van der Waals surface area contributed by atoms with E-state index in [1.807, 2.05) is 0 Å². The number of nitrogens with one attached hydrogen (secondary N) is 1. The van der Waals surface area contributed by atoms with E-state index in [-0.39, 0.29) is 0 Å². The van der Waals surface area contributed by atoms with E-state index in [9.17, 15) is 101 Å². The average Bonchev–Trinajstić information content (AvgIpc) is 2.74. The van der Waals surface area contributed by atoms with Crippen LogP contribution in [-0.4, -0.2) is 84.6 Å². The minimum Gasteiger partial charge on any atom is -0.354 e. The number of hydrogen-bond donors (Lipinski definition) is 1. The highest BCUT2D eigenvalue weighted by Crippen LogP contribution is 2.63. The van der Waals surface area contributed by atoms with Gasteiger partial charge >= 0.3 is 53.8 Å². The first-order valence-electron chi connectivity index (χ1n) is 9.41. The third-order valence-electron chi connectivity index (χ3n) is 4.90. The van der Waals surface area contributed by atoms with Gasteiger partial charge in [-0.25, -0.2) is 8.42 Å². The largest absolute Gasteiger partial charge is 0.460 e. The second kappa shape index (κ2) is 10.5. The van der Waals surface area contributed by atoms with Crippen LogP contribution in [-0.2, 0) is 14.6 Å². The summed E-state index contributed by atoms with van der Waals surface area (Å²) in [6.07, 6.45) is -18.7. The lowest BCUT2D eigenvalue weighted by Gasteiger charge is -2.43. The van der Waals surface area contributed by atoms with E-state index in [2.05, 4.69) is 11.6 Å². The van der Waals surface area contributed by atoms with Crippen LogP contribution in [0.1, 0.15) is 13.3 Å². The van der Waals surface area contributed by atoms with Gasteiger partial charge in [-0.1, -0.05) is 11.6 Å².